The van der Waals surface area contributed by atoms with Crippen LogP contribution in [0.4, 0.5) is 0 Å². The molecule has 0 amide bonds. The zero-order valence-electron chi connectivity index (χ0n) is 8.92. The van der Waals surface area contributed by atoms with Crippen LogP contribution in [0.1, 0.15) is 42.1 Å². The Balaban J connectivity index is 2.22. The van der Waals surface area contributed by atoms with E-state index in [2.05, 4.69) is 6.92 Å². The van der Waals surface area contributed by atoms with Crippen LogP contribution in [0.2, 0.25) is 5.02 Å². The van der Waals surface area contributed by atoms with E-state index in [-0.39, 0.29) is 5.92 Å². The van der Waals surface area contributed by atoms with Gasteiger partial charge in [0.25, 0.3) is 0 Å². The van der Waals surface area contributed by atoms with Crippen LogP contribution >= 0.6 is 11.6 Å². The van der Waals surface area contributed by atoms with Gasteiger partial charge in [0.1, 0.15) is 0 Å². The predicted octanol–water partition coefficient (Wildman–Crippen LogP) is 3.89. The summed E-state index contributed by atoms with van der Waals surface area (Å²) in [5, 5.41) is 0.750. The van der Waals surface area contributed by atoms with Crippen molar-refractivity contribution in [3.63, 3.8) is 0 Å². The number of unbranched alkanes of at least 4 members (excludes halogenated alkanes) is 1. The van der Waals surface area contributed by atoms with Crippen LogP contribution in [-0.4, -0.2) is 5.78 Å². The monoisotopic (exact) mass is 222 g/mol. The van der Waals surface area contributed by atoms with E-state index in [0.717, 1.165) is 41.8 Å². The summed E-state index contributed by atoms with van der Waals surface area (Å²) in [6.45, 7) is 2.15. The molecule has 0 saturated carbocycles. The minimum Gasteiger partial charge on any atom is -0.294 e. The largest absolute Gasteiger partial charge is 0.294 e. The maximum atomic E-state index is 12.0. The van der Waals surface area contributed by atoms with Gasteiger partial charge in [-0.1, -0.05) is 43.5 Å². The molecule has 0 N–H and O–H groups in total. The molecule has 15 heavy (non-hydrogen) atoms. The molecule has 2 heteroatoms. The highest BCUT2D eigenvalue weighted by Gasteiger charge is 2.30. The number of Topliss-reactive ketones (excluding diaryl/α,β-unsaturated/α-hetero) is 1. The Morgan fingerprint density at radius 3 is 2.93 bits per heavy atom. The average molecular weight is 223 g/mol. The van der Waals surface area contributed by atoms with Crippen LogP contribution in [0.3, 0.4) is 0 Å². The van der Waals surface area contributed by atoms with Crippen LogP contribution in [0, 0.1) is 5.92 Å². The third-order valence-electron chi connectivity index (χ3n) is 3.11. The number of carbonyl (C=O) groups is 1. The van der Waals surface area contributed by atoms with Crippen molar-refractivity contribution in [3.8, 4) is 0 Å². The molecule has 1 unspecified atom stereocenters. The van der Waals surface area contributed by atoms with Crippen molar-refractivity contribution in [2.24, 2.45) is 5.92 Å². The first-order chi connectivity index (χ1) is 7.24. The molecule has 1 aromatic carbocycles. The lowest BCUT2D eigenvalue weighted by molar-refractivity contribution is 0.0929. The number of hydrogen-bond donors (Lipinski definition) is 0. The summed E-state index contributed by atoms with van der Waals surface area (Å²) in [5.74, 6) is 0.473. The molecule has 0 radical (unpaired) electrons. The van der Waals surface area contributed by atoms with E-state index < -0.39 is 0 Å². The number of ketones is 1. The van der Waals surface area contributed by atoms with Crippen molar-refractivity contribution in [2.75, 3.05) is 0 Å². The van der Waals surface area contributed by atoms with Crippen molar-refractivity contribution in [3.05, 3.63) is 34.3 Å². The zero-order chi connectivity index (χ0) is 10.8. The fraction of sp³-hybridized carbons (Fsp3) is 0.462. The van der Waals surface area contributed by atoms with Gasteiger partial charge in [-0.25, -0.2) is 0 Å². The number of benzene rings is 1. The first kappa shape index (κ1) is 10.7. The van der Waals surface area contributed by atoms with Gasteiger partial charge in [0.2, 0.25) is 0 Å². The second-order valence-electron chi connectivity index (χ2n) is 4.17. The minimum atomic E-state index is 0.180. The highest BCUT2D eigenvalue weighted by Crippen LogP contribution is 2.34. The van der Waals surface area contributed by atoms with Crippen LogP contribution in [0.15, 0.2) is 18.2 Å². The first-order valence-electron chi connectivity index (χ1n) is 5.55. The van der Waals surface area contributed by atoms with Crippen molar-refractivity contribution in [1.82, 2.24) is 0 Å². The van der Waals surface area contributed by atoms with Gasteiger partial charge in [-0.3, -0.25) is 4.79 Å². The molecule has 0 fully saturated rings. The number of fused-ring (bicyclic) bond motifs is 1. The molecular weight excluding hydrogens is 208 g/mol. The summed E-state index contributed by atoms with van der Waals surface area (Å²) in [4.78, 5) is 12.0. The summed E-state index contributed by atoms with van der Waals surface area (Å²) < 4.78 is 0. The fourth-order valence-corrected chi connectivity index (χ4v) is 2.49. The van der Waals surface area contributed by atoms with Gasteiger partial charge in [-0.15, -0.1) is 0 Å². The Kier molecular flexibility index (Phi) is 3.11. The zero-order valence-corrected chi connectivity index (χ0v) is 9.68. The third-order valence-corrected chi connectivity index (χ3v) is 3.47. The van der Waals surface area contributed by atoms with E-state index in [4.69, 9.17) is 11.6 Å². The molecule has 0 heterocycles. The number of carbonyl (C=O) groups excluding carboxylic acids is 1. The Hall–Kier alpha value is -0.820. The second kappa shape index (κ2) is 4.36. The van der Waals surface area contributed by atoms with E-state index in [9.17, 15) is 4.79 Å². The van der Waals surface area contributed by atoms with E-state index >= 15 is 0 Å². The average Bonchev–Trinajstić information content (AvgIpc) is 2.55. The Bertz CT molecular complexity index is 384. The van der Waals surface area contributed by atoms with Gasteiger partial charge in [-0.05, 0) is 24.5 Å². The van der Waals surface area contributed by atoms with Crippen LogP contribution in [0.25, 0.3) is 0 Å². The van der Waals surface area contributed by atoms with E-state index in [1.807, 2.05) is 18.2 Å². The summed E-state index contributed by atoms with van der Waals surface area (Å²) in [6, 6.07) is 5.63. The molecule has 1 nitrogen and oxygen atoms in total. The van der Waals surface area contributed by atoms with E-state index in [1.165, 1.54) is 0 Å². The lowest BCUT2D eigenvalue weighted by Gasteiger charge is -2.05. The molecule has 1 aliphatic rings. The maximum absolute atomic E-state index is 12.0. The molecule has 0 saturated heterocycles. The van der Waals surface area contributed by atoms with Crippen molar-refractivity contribution in [2.45, 2.75) is 32.6 Å². The van der Waals surface area contributed by atoms with Crippen LogP contribution in [-0.2, 0) is 6.42 Å². The molecular formula is C13H15ClO. The van der Waals surface area contributed by atoms with E-state index in [0.29, 0.717) is 5.78 Å². The number of halogens is 1. The lowest BCUT2D eigenvalue weighted by atomic mass is 9.98. The Morgan fingerprint density at radius 2 is 2.27 bits per heavy atom. The van der Waals surface area contributed by atoms with Gasteiger partial charge in [0.15, 0.2) is 5.78 Å². The van der Waals surface area contributed by atoms with Gasteiger partial charge in [-0.2, -0.15) is 0 Å². The highest BCUT2D eigenvalue weighted by molar-refractivity contribution is 6.32. The van der Waals surface area contributed by atoms with Gasteiger partial charge < -0.3 is 0 Å². The van der Waals surface area contributed by atoms with Gasteiger partial charge in [0, 0.05) is 16.5 Å². The molecule has 0 spiro atoms. The SMILES string of the molecule is CCCCC1Cc2c(Cl)cccc2C1=O. The summed E-state index contributed by atoms with van der Waals surface area (Å²) >= 11 is 6.08. The lowest BCUT2D eigenvalue weighted by Crippen LogP contribution is -2.08. The fourth-order valence-electron chi connectivity index (χ4n) is 2.24. The summed E-state index contributed by atoms with van der Waals surface area (Å²) in [5.41, 5.74) is 1.91. The predicted molar refractivity (Wildman–Crippen MR) is 62.5 cm³/mol. The molecule has 1 atom stereocenters. The van der Waals surface area contributed by atoms with Crippen molar-refractivity contribution in [1.29, 1.82) is 0 Å². The van der Waals surface area contributed by atoms with E-state index in [1.54, 1.807) is 0 Å². The standard InChI is InChI=1S/C13H15ClO/c1-2-3-5-9-8-11-10(13(9)15)6-4-7-12(11)14/h4,6-7,9H,2-3,5,8H2,1H3. The number of rotatable bonds is 3. The Morgan fingerprint density at radius 1 is 1.47 bits per heavy atom. The Labute approximate surface area is 95.4 Å². The topological polar surface area (TPSA) is 17.1 Å². The normalized spacial score (nSPS) is 19.3. The number of hydrogen-bond acceptors (Lipinski definition) is 1. The highest BCUT2D eigenvalue weighted by atomic mass is 35.5. The molecule has 80 valence electrons. The molecule has 0 bridgehead atoms. The third kappa shape index (κ3) is 1.93. The van der Waals surface area contributed by atoms with Crippen molar-refractivity contribution < 1.29 is 4.79 Å². The van der Waals surface area contributed by atoms with Gasteiger partial charge >= 0.3 is 0 Å². The molecule has 2 rings (SSSR count). The van der Waals surface area contributed by atoms with Gasteiger partial charge in [0.05, 0.1) is 0 Å². The smallest absolute Gasteiger partial charge is 0.166 e. The second-order valence-corrected chi connectivity index (χ2v) is 4.58. The van der Waals surface area contributed by atoms with Crippen LogP contribution < -0.4 is 0 Å². The first-order valence-corrected chi connectivity index (χ1v) is 5.93. The minimum absolute atomic E-state index is 0.180. The molecule has 0 aromatic heterocycles. The quantitative estimate of drug-likeness (QED) is 0.759. The maximum Gasteiger partial charge on any atom is 0.166 e. The molecule has 1 aliphatic carbocycles. The molecule has 1 aromatic rings. The summed E-state index contributed by atoms with van der Waals surface area (Å²) in [7, 11) is 0. The summed E-state index contributed by atoms with van der Waals surface area (Å²) in [6.07, 6.45) is 4.12. The van der Waals surface area contributed by atoms with Crippen molar-refractivity contribution >= 4 is 17.4 Å². The molecule has 0 aliphatic heterocycles. The van der Waals surface area contributed by atoms with Crippen LogP contribution in [0.5, 0.6) is 0 Å².